The number of aryl methyl sites for hydroxylation is 1. The fourth-order valence-electron chi connectivity index (χ4n) is 3.68. The molecule has 0 aliphatic carbocycles. The third-order valence-electron chi connectivity index (χ3n) is 5.41. The summed E-state index contributed by atoms with van der Waals surface area (Å²) in [6, 6.07) is 14.3. The topological polar surface area (TPSA) is 98.8 Å². The summed E-state index contributed by atoms with van der Waals surface area (Å²) in [6.45, 7) is 6.84. The Hall–Kier alpha value is -2.14. The maximum Gasteiger partial charge on any atom is 0.240 e. The standard InChI is InChI=1S/C22H32N4O4S2/c1-19-8-10-22(11-9-19)32(29,30)23-12-3-4-13-25-14-16-26(17-15-25)21-7-5-6-20(18-21)24-31(2,27)28/h5-11,18,23-24H,3-4,12-17H2,1-2H3. The van der Waals surface area contributed by atoms with E-state index >= 15 is 0 Å². The fourth-order valence-corrected chi connectivity index (χ4v) is 5.31. The van der Waals surface area contributed by atoms with Crippen molar-refractivity contribution in [2.45, 2.75) is 24.7 Å². The second-order valence-corrected chi connectivity index (χ2v) is 11.7. The minimum Gasteiger partial charge on any atom is -0.369 e. The molecule has 2 aromatic carbocycles. The van der Waals surface area contributed by atoms with E-state index in [1.807, 2.05) is 25.1 Å². The lowest BCUT2D eigenvalue weighted by molar-refractivity contribution is 0.253. The van der Waals surface area contributed by atoms with Gasteiger partial charge >= 0.3 is 0 Å². The van der Waals surface area contributed by atoms with E-state index < -0.39 is 20.0 Å². The molecule has 2 N–H and O–H groups in total. The second-order valence-electron chi connectivity index (χ2n) is 8.17. The van der Waals surface area contributed by atoms with Crippen molar-refractivity contribution in [1.82, 2.24) is 9.62 Å². The van der Waals surface area contributed by atoms with Gasteiger partial charge < -0.3 is 4.90 Å². The number of nitrogens with zero attached hydrogens (tertiary/aromatic N) is 2. The SMILES string of the molecule is Cc1ccc(S(=O)(=O)NCCCCN2CCN(c3cccc(NS(C)(=O)=O)c3)CC2)cc1. The van der Waals surface area contributed by atoms with Crippen molar-refractivity contribution in [3.63, 3.8) is 0 Å². The van der Waals surface area contributed by atoms with Gasteiger partial charge in [-0.15, -0.1) is 0 Å². The zero-order chi connectivity index (χ0) is 23.2. The van der Waals surface area contributed by atoms with Crippen molar-refractivity contribution >= 4 is 31.4 Å². The van der Waals surface area contributed by atoms with Gasteiger partial charge in [-0.2, -0.15) is 0 Å². The molecule has 1 aliphatic heterocycles. The number of hydrogen-bond donors (Lipinski definition) is 2. The predicted octanol–water partition coefficient (Wildman–Crippen LogP) is 2.25. The number of benzene rings is 2. The van der Waals surface area contributed by atoms with Crippen LogP contribution in [0.1, 0.15) is 18.4 Å². The molecule has 0 aromatic heterocycles. The van der Waals surface area contributed by atoms with Crippen LogP contribution in [0.15, 0.2) is 53.4 Å². The number of unbranched alkanes of at least 4 members (excludes halogenated alkanes) is 1. The smallest absolute Gasteiger partial charge is 0.240 e. The number of nitrogens with one attached hydrogen (secondary N) is 2. The van der Waals surface area contributed by atoms with Gasteiger partial charge in [0.25, 0.3) is 0 Å². The summed E-state index contributed by atoms with van der Waals surface area (Å²) in [5.74, 6) is 0. The van der Waals surface area contributed by atoms with E-state index in [2.05, 4.69) is 19.2 Å². The first kappa shape index (κ1) is 24.5. The minimum absolute atomic E-state index is 0.301. The average molecular weight is 481 g/mol. The summed E-state index contributed by atoms with van der Waals surface area (Å²) in [4.78, 5) is 4.93. The second kappa shape index (κ2) is 10.7. The first-order chi connectivity index (χ1) is 15.1. The first-order valence-electron chi connectivity index (χ1n) is 10.7. The Morgan fingerprint density at radius 2 is 1.59 bits per heavy atom. The molecule has 0 atom stereocenters. The molecule has 0 amide bonds. The largest absolute Gasteiger partial charge is 0.369 e. The van der Waals surface area contributed by atoms with Gasteiger partial charge in [0, 0.05) is 38.4 Å². The minimum atomic E-state index is -3.45. The van der Waals surface area contributed by atoms with Crippen molar-refractivity contribution < 1.29 is 16.8 Å². The quantitative estimate of drug-likeness (QED) is 0.506. The van der Waals surface area contributed by atoms with Crippen LogP contribution in [0.4, 0.5) is 11.4 Å². The highest BCUT2D eigenvalue weighted by atomic mass is 32.2. The summed E-state index contributed by atoms with van der Waals surface area (Å²) in [5.41, 5.74) is 2.60. The highest BCUT2D eigenvalue weighted by Crippen LogP contribution is 2.21. The van der Waals surface area contributed by atoms with Crippen LogP contribution in [0.5, 0.6) is 0 Å². The maximum absolute atomic E-state index is 12.3. The lowest BCUT2D eigenvalue weighted by Crippen LogP contribution is -2.46. The lowest BCUT2D eigenvalue weighted by Gasteiger charge is -2.36. The molecule has 1 aliphatic rings. The Kier molecular flexibility index (Phi) is 8.16. The fraction of sp³-hybridized carbons (Fsp3) is 0.455. The van der Waals surface area contributed by atoms with Crippen molar-refractivity contribution in [3.05, 3.63) is 54.1 Å². The van der Waals surface area contributed by atoms with Crippen LogP contribution >= 0.6 is 0 Å². The number of hydrogen-bond acceptors (Lipinski definition) is 6. The normalized spacial score (nSPS) is 15.6. The van der Waals surface area contributed by atoms with Crippen molar-refractivity contribution in [2.75, 3.05) is 55.1 Å². The molecule has 3 rings (SSSR count). The van der Waals surface area contributed by atoms with Gasteiger partial charge in [0.05, 0.1) is 16.8 Å². The number of piperazine rings is 1. The zero-order valence-corrected chi connectivity index (χ0v) is 20.3. The highest BCUT2D eigenvalue weighted by Gasteiger charge is 2.18. The van der Waals surface area contributed by atoms with Gasteiger partial charge in [-0.1, -0.05) is 23.8 Å². The van der Waals surface area contributed by atoms with Crippen LogP contribution in [0.2, 0.25) is 0 Å². The van der Waals surface area contributed by atoms with Gasteiger partial charge in [0.15, 0.2) is 0 Å². The van der Waals surface area contributed by atoms with Crippen LogP contribution in [0, 0.1) is 6.92 Å². The molecule has 176 valence electrons. The third kappa shape index (κ3) is 7.47. The summed E-state index contributed by atoms with van der Waals surface area (Å²) in [7, 11) is -6.74. The first-order valence-corrected chi connectivity index (χ1v) is 14.1. The molecule has 1 heterocycles. The molecule has 1 saturated heterocycles. The van der Waals surface area contributed by atoms with E-state index in [4.69, 9.17) is 0 Å². The van der Waals surface area contributed by atoms with Crippen molar-refractivity contribution in [1.29, 1.82) is 0 Å². The molecule has 0 saturated carbocycles. The molecule has 2 aromatic rings. The van der Waals surface area contributed by atoms with E-state index in [0.717, 1.165) is 63.1 Å². The van der Waals surface area contributed by atoms with Crippen molar-refractivity contribution in [3.8, 4) is 0 Å². The maximum atomic E-state index is 12.3. The van der Waals surface area contributed by atoms with Crippen LogP contribution in [-0.4, -0.2) is 67.3 Å². The Balaban J connectivity index is 1.38. The molecular weight excluding hydrogens is 448 g/mol. The predicted molar refractivity (Wildman–Crippen MR) is 129 cm³/mol. The Morgan fingerprint density at radius 1 is 0.906 bits per heavy atom. The monoisotopic (exact) mass is 480 g/mol. The molecule has 1 fully saturated rings. The molecule has 0 bridgehead atoms. The zero-order valence-electron chi connectivity index (χ0n) is 18.6. The molecule has 32 heavy (non-hydrogen) atoms. The summed E-state index contributed by atoms with van der Waals surface area (Å²) < 4.78 is 52.7. The van der Waals surface area contributed by atoms with E-state index in [9.17, 15) is 16.8 Å². The summed E-state index contributed by atoms with van der Waals surface area (Å²) >= 11 is 0. The molecule has 0 radical (unpaired) electrons. The van der Waals surface area contributed by atoms with E-state index in [1.54, 1.807) is 30.3 Å². The van der Waals surface area contributed by atoms with Gasteiger partial charge in [-0.25, -0.2) is 21.6 Å². The summed E-state index contributed by atoms with van der Waals surface area (Å²) in [5, 5.41) is 0. The molecular formula is C22H32N4O4S2. The average Bonchev–Trinajstić information content (AvgIpc) is 2.73. The van der Waals surface area contributed by atoms with Gasteiger partial charge in [-0.05, 0) is 56.6 Å². The number of anilines is 2. The van der Waals surface area contributed by atoms with E-state index in [-0.39, 0.29) is 0 Å². The third-order valence-corrected chi connectivity index (χ3v) is 7.49. The Bertz CT molecular complexity index is 1100. The molecule has 8 nitrogen and oxygen atoms in total. The lowest BCUT2D eigenvalue weighted by atomic mass is 10.2. The van der Waals surface area contributed by atoms with Crippen LogP contribution in [-0.2, 0) is 20.0 Å². The van der Waals surface area contributed by atoms with Crippen LogP contribution in [0.3, 0.4) is 0 Å². The number of rotatable bonds is 10. The van der Waals surface area contributed by atoms with Gasteiger partial charge in [0.2, 0.25) is 20.0 Å². The van der Waals surface area contributed by atoms with Crippen LogP contribution in [0.25, 0.3) is 0 Å². The molecule has 10 heteroatoms. The van der Waals surface area contributed by atoms with E-state index in [1.165, 1.54) is 0 Å². The molecule has 0 unspecified atom stereocenters. The van der Waals surface area contributed by atoms with Gasteiger partial charge in [0.1, 0.15) is 0 Å². The highest BCUT2D eigenvalue weighted by molar-refractivity contribution is 7.92. The van der Waals surface area contributed by atoms with Crippen molar-refractivity contribution in [2.24, 2.45) is 0 Å². The Morgan fingerprint density at radius 3 is 2.25 bits per heavy atom. The Labute approximate surface area is 191 Å². The van der Waals surface area contributed by atoms with E-state index in [0.29, 0.717) is 17.1 Å². The molecule has 0 spiro atoms. The van der Waals surface area contributed by atoms with Gasteiger partial charge in [-0.3, -0.25) is 9.62 Å². The summed E-state index contributed by atoms with van der Waals surface area (Å²) in [6.07, 6.45) is 2.85. The number of sulfonamides is 2. The van der Waals surface area contributed by atoms with Crippen LogP contribution < -0.4 is 14.3 Å².